The smallest absolute Gasteiger partial charge is 0.0599 e. The molecule has 0 aliphatic carbocycles. The average molecular weight is 270 g/mol. The lowest BCUT2D eigenvalue weighted by Gasteiger charge is -2.32. The molecule has 0 aromatic carbocycles. The Balaban J connectivity index is 1.52. The van der Waals surface area contributed by atoms with Crippen LogP contribution in [0.5, 0.6) is 0 Å². The van der Waals surface area contributed by atoms with Crippen molar-refractivity contribution >= 4 is 0 Å². The van der Waals surface area contributed by atoms with Crippen LogP contribution in [0, 0.1) is 5.92 Å². The third kappa shape index (κ3) is 5.78. The van der Waals surface area contributed by atoms with E-state index in [1.165, 1.54) is 51.7 Å². The van der Waals surface area contributed by atoms with Crippen molar-refractivity contribution in [2.45, 2.75) is 38.2 Å². The third-order valence-corrected chi connectivity index (χ3v) is 4.26. The van der Waals surface area contributed by atoms with Crippen LogP contribution in [0.1, 0.15) is 32.1 Å². The molecular formula is C15H30N2O2. The molecule has 0 saturated carbocycles. The Morgan fingerprint density at radius 3 is 2.84 bits per heavy atom. The summed E-state index contributed by atoms with van der Waals surface area (Å²) in [5.74, 6) is 0.740. The van der Waals surface area contributed by atoms with Gasteiger partial charge in [-0.15, -0.1) is 0 Å². The highest BCUT2D eigenvalue weighted by Gasteiger charge is 2.19. The van der Waals surface area contributed by atoms with E-state index in [-0.39, 0.29) is 0 Å². The van der Waals surface area contributed by atoms with Crippen molar-refractivity contribution in [1.29, 1.82) is 0 Å². The van der Waals surface area contributed by atoms with Crippen LogP contribution in [0.3, 0.4) is 0 Å². The first-order valence-corrected chi connectivity index (χ1v) is 7.92. The van der Waals surface area contributed by atoms with Gasteiger partial charge in [0.2, 0.25) is 0 Å². The van der Waals surface area contributed by atoms with Crippen molar-refractivity contribution in [3.8, 4) is 0 Å². The Hall–Kier alpha value is -0.160. The Kier molecular flexibility index (Phi) is 7.14. The molecular weight excluding hydrogens is 240 g/mol. The molecule has 112 valence electrons. The predicted molar refractivity (Wildman–Crippen MR) is 77.5 cm³/mol. The van der Waals surface area contributed by atoms with Gasteiger partial charge >= 0.3 is 0 Å². The number of likely N-dealkylation sites (tertiary alicyclic amines) is 1. The number of ether oxygens (including phenoxy) is 2. The average Bonchev–Trinajstić information content (AvgIpc) is 2.46. The molecule has 2 aliphatic heterocycles. The van der Waals surface area contributed by atoms with Crippen molar-refractivity contribution in [2.24, 2.45) is 5.92 Å². The minimum absolute atomic E-state index is 0.504. The van der Waals surface area contributed by atoms with Gasteiger partial charge in [0, 0.05) is 26.8 Å². The SMILES string of the molecule is COCC1CCCN(CCCOC2CCNCC2)C1. The first-order valence-electron chi connectivity index (χ1n) is 7.92. The fourth-order valence-electron chi connectivity index (χ4n) is 3.23. The summed E-state index contributed by atoms with van der Waals surface area (Å²) in [6, 6.07) is 0. The van der Waals surface area contributed by atoms with Crippen molar-refractivity contribution in [2.75, 3.05) is 53.0 Å². The summed E-state index contributed by atoms with van der Waals surface area (Å²) in [6.45, 7) is 7.74. The van der Waals surface area contributed by atoms with Gasteiger partial charge in [-0.3, -0.25) is 0 Å². The maximum absolute atomic E-state index is 5.96. The molecule has 2 rings (SSSR count). The lowest BCUT2D eigenvalue weighted by Crippen LogP contribution is -2.38. The quantitative estimate of drug-likeness (QED) is 0.711. The zero-order valence-corrected chi connectivity index (χ0v) is 12.4. The molecule has 2 saturated heterocycles. The van der Waals surface area contributed by atoms with Gasteiger partial charge in [0.15, 0.2) is 0 Å². The van der Waals surface area contributed by atoms with Gasteiger partial charge in [-0.1, -0.05) is 0 Å². The number of methoxy groups -OCH3 is 1. The van der Waals surface area contributed by atoms with Crippen LogP contribution in [0.25, 0.3) is 0 Å². The van der Waals surface area contributed by atoms with E-state index in [9.17, 15) is 0 Å². The van der Waals surface area contributed by atoms with E-state index in [0.29, 0.717) is 6.10 Å². The van der Waals surface area contributed by atoms with E-state index in [1.54, 1.807) is 0 Å². The molecule has 2 heterocycles. The summed E-state index contributed by atoms with van der Waals surface area (Å²) >= 11 is 0. The molecule has 4 nitrogen and oxygen atoms in total. The van der Waals surface area contributed by atoms with Crippen molar-refractivity contribution in [1.82, 2.24) is 10.2 Å². The highest BCUT2D eigenvalue weighted by molar-refractivity contribution is 4.73. The highest BCUT2D eigenvalue weighted by atomic mass is 16.5. The van der Waals surface area contributed by atoms with Crippen LogP contribution in [0.15, 0.2) is 0 Å². The van der Waals surface area contributed by atoms with E-state index in [4.69, 9.17) is 9.47 Å². The van der Waals surface area contributed by atoms with Gasteiger partial charge in [-0.05, 0) is 57.7 Å². The van der Waals surface area contributed by atoms with Crippen molar-refractivity contribution in [3.05, 3.63) is 0 Å². The normalized spacial score (nSPS) is 26.7. The van der Waals surface area contributed by atoms with Crippen LogP contribution in [-0.4, -0.2) is 64.1 Å². The molecule has 2 fully saturated rings. The van der Waals surface area contributed by atoms with Gasteiger partial charge in [0.25, 0.3) is 0 Å². The van der Waals surface area contributed by atoms with Crippen molar-refractivity contribution < 1.29 is 9.47 Å². The van der Waals surface area contributed by atoms with E-state index in [2.05, 4.69) is 10.2 Å². The van der Waals surface area contributed by atoms with Crippen molar-refractivity contribution in [3.63, 3.8) is 0 Å². The zero-order valence-electron chi connectivity index (χ0n) is 12.4. The lowest BCUT2D eigenvalue weighted by molar-refractivity contribution is 0.0239. The second kappa shape index (κ2) is 8.90. The predicted octanol–water partition coefficient (Wildman–Crippen LogP) is 1.50. The first kappa shape index (κ1) is 15.2. The highest BCUT2D eigenvalue weighted by Crippen LogP contribution is 2.17. The molecule has 19 heavy (non-hydrogen) atoms. The van der Waals surface area contributed by atoms with E-state index in [0.717, 1.165) is 32.2 Å². The van der Waals surface area contributed by atoms with E-state index >= 15 is 0 Å². The third-order valence-electron chi connectivity index (χ3n) is 4.26. The first-order chi connectivity index (χ1) is 9.38. The van der Waals surface area contributed by atoms with Crippen LogP contribution >= 0.6 is 0 Å². The lowest BCUT2D eigenvalue weighted by atomic mass is 9.99. The van der Waals surface area contributed by atoms with E-state index < -0.39 is 0 Å². The molecule has 0 spiro atoms. The molecule has 2 aliphatic rings. The molecule has 0 radical (unpaired) electrons. The molecule has 0 bridgehead atoms. The monoisotopic (exact) mass is 270 g/mol. The van der Waals surface area contributed by atoms with Crippen LogP contribution in [0.4, 0.5) is 0 Å². The maximum Gasteiger partial charge on any atom is 0.0599 e. The molecule has 4 heteroatoms. The number of hydrogen-bond donors (Lipinski definition) is 1. The molecule has 1 unspecified atom stereocenters. The van der Waals surface area contributed by atoms with Gasteiger partial charge in [-0.25, -0.2) is 0 Å². The number of piperidine rings is 2. The Morgan fingerprint density at radius 1 is 1.21 bits per heavy atom. The number of rotatable bonds is 7. The fraction of sp³-hybridized carbons (Fsp3) is 1.00. The van der Waals surface area contributed by atoms with E-state index in [1.807, 2.05) is 7.11 Å². The Labute approximate surface area is 117 Å². The van der Waals surface area contributed by atoms with Gasteiger partial charge in [-0.2, -0.15) is 0 Å². The molecule has 0 amide bonds. The van der Waals surface area contributed by atoms with Crippen LogP contribution < -0.4 is 5.32 Å². The Bertz CT molecular complexity index is 230. The summed E-state index contributed by atoms with van der Waals surface area (Å²) in [7, 11) is 1.81. The Morgan fingerprint density at radius 2 is 2.05 bits per heavy atom. The maximum atomic E-state index is 5.96. The minimum Gasteiger partial charge on any atom is -0.384 e. The summed E-state index contributed by atoms with van der Waals surface area (Å²) in [4.78, 5) is 2.58. The van der Waals surface area contributed by atoms with Crippen LogP contribution in [-0.2, 0) is 9.47 Å². The number of hydrogen-bond acceptors (Lipinski definition) is 4. The minimum atomic E-state index is 0.504. The summed E-state index contributed by atoms with van der Waals surface area (Å²) in [6.07, 6.45) is 6.69. The second-order valence-corrected chi connectivity index (χ2v) is 5.94. The zero-order chi connectivity index (χ0) is 13.3. The second-order valence-electron chi connectivity index (χ2n) is 5.94. The summed E-state index contributed by atoms with van der Waals surface area (Å²) in [5, 5.41) is 3.37. The molecule has 0 aromatic rings. The van der Waals surface area contributed by atoms with Gasteiger partial charge < -0.3 is 19.7 Å². The molecule has 1 N–H and O–H groups in total. The van der Waals surface area contributed by atoms with Gasteiger partial charge in [0.05, 0.1) is 12.7 Å². The summed E-state index contributed by atoms with van der Waals surface area (Å²) in [5.41, 5.74) is 0. The number of nitrogens with zero attached hydrogens (tertiary/aromatic N) is 1. The van der Waals surface area contributed by atoms with Crippen LogP contribution in [0.2, 0.25) is 0 Å². The largest absolute Gasteiger partial charge is 0.384 e. The fourth-order valence-corrected chi connectivity index (χ4v) is 3.23. The number of nitrogens with one attached hydrogen (secondary N) is 1. The molecule has 0 aromatic heterocycles. The topological polar surface area (TPSA) is 33.7 Å². The summed E-state index contributed by atoms with van der Waals surface area (Å²) < 4.78 is 11.2. The standard InChI is InChI=1S/C15H30N2O2/c1-18-13-14-4-2-9-17(12-14)10-3-11-19-15-5-7-16-8-6-15/h14-16H,2-13H2,1H3. The van der Waals surface area contributed by atoms with Gasteiger partial charge in [0.1, 0.15) is 0 Å². The molecule has 1 atom stereocenters.